The summed E-state index contributed by atoms with van der Waals surface area (Å²) in [7, 11) is 0. The van der Waals surface area contributed by atoms with Crippen LogP contribution in [0, 0.1) is 15.9 Å². The highest BCUT2D eigenvalue weighted by Crippen LogP contribution is 2.22. The molecule has 7 heteroatoms. The molecule has 1 aliphatic rings. The molecule has 1 heterocycles. The number of nitrogens with zero attached hydrogens (tertiary/aromatic N) is 2. The smallest absolute Gasteiger partial charge is 0.285 e. The van der Waals surface area contributed by atoms with Crippen LogP contribution in [0.4, 0.5) is 10.1 Å². The Kier molecular flexibility index (Phi) is 3.55. The Bertz CT molecular complexity index is 559. The molecular formula is C12H11FN2O4. The van der Waals surface area contributed by atoms with Gasteiger partial charge in [-0.25, -0.2) is 4.39 Å². The number of benzene rings is 1. The van der Waals surface area contributed by atoms with Gasteiger partial charge >= 0.3 is 0 Å². The molecule has 2 rings (SSSR count). The fourth-order valence-electron chi connectivity index (χ4n) is 2.02. The highest BCUT2D eigenvalue weighted by molar-refractivity contribution is 6.00. The molecule has 1 aromatic carbocycles. The topological polar surface area (TPSA) is 80.5 Å². The fraction of sp³-hybridized carbons (Fsp3) is 0.333. The summed E-state index contributed by atoms with van der Waals surface area (Å²) >= 11 is 0. The Morgan fingerprint density at radius 2 is 2.16 bits per heavy atom. The zero-order chi connectivity index (χ0) is 14.0. The number of piperidine rings is 1. The number of likely N-dealkylation sites (tertiary alicyclic amines) is 1. The molecular weight excluding hydrogens is 255 g/mol. The van der Waals surface area contributed by atoms with Crippen molar-refractivity contribution in [1.29, 1.82) is 0 Å². The minimum Gasteiger partial charge on any atom is -0.331 e. The molecule has 0 spiro atoms. The average molecular weight is 266 g/mol. The van der Waals surface area contributed by atoms with Gasteiger partial charge in [-0.15, -0.1) is 0 Å². The molecule has 1 amide bonds. The quantitative estimate of drug-likeness (QED) is 0.600. The van der Waals surface area contributed by atoms with Gasteiger partial charge in [-0.05, 0) is 18.6 Å². The van der Waals surface area contributed by atoms with E-state index in [4.69, 9.17) is 0 Å². The number of carbonyl (C=O) groups is 2. The second kappa shape index (κ2) is 5.13. The lowest BCUT2D eigenvalue weighted by molar-refractivity contribution is -0.385. The Morgan fingerprint density at radius 1 is 1.42 bits per heavy atom. The SMILES string of the molecule is O=C1CCCN(C(=O)c2ccc(F)cc2[N+](=O)[O-])C1. The van der Waals surface area contributed by atoms with E-state index >= 15 is 0 Å². The molecule has 0 aromatic heterocycles. The van der Waals surface area contributed by atoms with Crippen molar-refractivity contribution in [1.82, 2.24) is 4.90 Å². The molecule has 100 valence electrons. The van der Waals surface area contributed by atoms with E-state index in [1.54, 1.807) is 0 Å². The van der Waals surface area contributed by atoms with E-state index in [1.807, 2.05) is 0 Å². The van der Waals surface area contributed by atoms with Gasteiger partial charge in [0.05, 0.1) is 17.5 Å². The number of carbonyl (C=O) groups excluding carboxylic acids is 2. The van der Waals surface area contributed by atoms with Crippen molar-refractivity contribution >= 4 is 17.4 Å². The third-order valence-electron chi connectivity index (χ3n) is 2.92. The van der Waals surface area contributed by atoms with E-state index in [1.165, 1.54) is 4.90 Å². The monoisotopic (exact) mass is 266 g/mol. The number of hydrogen-bond donors (Lipinski definition) is 0. The second-order valence-electron chi connectivity index (χ2n) is 4.29. The molecule has 0 bridgehead atoms. The molecule has 1 aliphatic heterocycles. The van der Waals surface area contributed by atoms with Crippen molar-refractivity contribution in [2.24, 2.45) is 0 Å². The Hall–Kier alpha value is -2.31. The lowest BCUT2D eigenvalue weighted by Crippen LogP contribution is -2.40. The first kappa shape index (κ1) is 13.1. The summed E-state index contributed by atoms with van der Waals surface area (Å²) < 4.78 is 13.0. The molecule has 1 saturated heterocycles. The second-order valence-corrected chi connectivity index (χ2v) is 4.29. The molecule has 19 heavy (non-hydrogen) atoms. The van der Waals surface area contributed by atoms with Crippen molar-refractivity contribution in [3.05, 3.63) is 39.7 Å². The number of ketones is 1. The summed E-state index contributed by atoms with van der Waals surface area (Å²) in [6, 6.07) is 2.78. The summed E-state index contributed by atoms with van der Waals surface area (Å²) in [6.45, 7) is 0.326. The molecule has 1 fully saturated rings. The highest BCUT2D eigenvalue weighted by atomic mass is 19.1. The standard InChI is InChI=1S/C12H11FN2O4/c13-8-3-4-10(11(6-8)15(18)19)12(17)14-5-1-2-9(16)7-14/h3-4,6H,1-2,5,7H2. The van der Waals surface area contributed by atoms with Gasteiger partial charge in [0.15, 0.2) is 5.78 Å². The number of rotatable bonds is 2. The zero-order valence-corrected chi connectivity index (χ0v) is 9.97. The number of hydrogen-bond acceptors (Lipinski definition) is 4. The summed E-state index contributed by atoms with van der Waals surface area (Å²) in [5, 5.41) is 10.8. The summed E-state index contributed by atoms with van der Waals surface area (Å²) in [4.78, 5) is 34.7. The molecule has 0 N–H and O–H groups in total. The van der Waals surface area contributed by atoms with Crippen LogP contribution in [0.5, 0.6) is 0 Å². The van der Waals surface area contributed by atoms with Crippen LogP contribution in [-0.2, 0) is 4.79 Å². The van der Waals surface area contributed by atoms with E-state index in [-0.39, 0.29) is 17.9 Å². The van der Waals surface area contributed by atoms with Crippen LogP contribution in [0.3, 0.4) is 0 Å². The average Bonchev–Trinajstić information content (AvgIpc) is 2.37. The van der Waals surface area contributed by atoms with Crippen molar-refractivity contribution in [3.8, 4) is 0 Å². The van der Waals surface area contributed by atoms with Gasteiger partial charge in [0.25, 0.3) is 11.6 Å². The van der Waals surface area contributed by atoms with Gasteiger partial charge in [-0.3, -0.25) is 19.7 Å². The van der Waals surface area contributed by atoms with Gasteiger partial charge in [-0.2, -0.15) is 0 Å². The predicted octanol–water partition coefficient (Wildman–Crippen LogP) is 1.54. The normalized spacial score (nSPS) is 15.4. The third-order valence-corrected chi connectivity index (χ3v) is 2.92. The van der Waals surface area contributed by atoms with E-state index in [9.17, 15) is 24.1 Å². The van der Waals surface area contributed by atoms with E-state index in [0.29, 0.717) is 25.5 Å². The van der Waals surface area contributed by atoms with Crippen molar-refractivity contribution in [2.75, 3.05) is 13.1 Å². The maximum atomic E-state index is 13.0. The molecule has 0 aliphatic carbocycles. The molecule has 0 atom stereocenters. The van der Waals surface area contributed by atoms with Gasteiger partial charge < -0.3 is 4.90 Å². The maximum Gasteiger partial charge on any atom is 0.285 e. The lowest BCUT2D eigenvalue weighted by atomic mass is 10.1. The van der Waals surface area contributed by atoms with Crippen LogP contribution >= 0.6 is 0 Å². The van der Waals surface area contributed by atoms with Crippen LogP contribution in [0.15, 0.2) is 18.2 Å². The predicted molar refractivity (Wildman–Crippen MR) is 63.2 cm³/mol. The molecule has 0 saturated carbocycles. The first-order chi connectivity index (χ1) is 8.99. The third kappa shape index (κ3) is 2.75. The number of halogens is 1. The van der Waals surface area contributed by atoms with Crippen LogP contribution < -0.4 is 0 Å². The maximum absolute atomic E-state index is 13.0. The van der Waals surface area contributed by atoms with E-state index in [2.05, 4.69) is 0 Å². The van der Waals surface area contributed by atoms with Crippen molar-refractivity contribution in [2.45, 2.75) is 12.8 Å². The number of amides is 1. The van der Waals surface area contributed by atoms with Crippen LogP contribution in [0.25, 0.3) is 0 Å². The minimum atomic E-state index is -0.803. The molecule has 0 radical (unpaired) electrons. The largest absolute Gasteiger partial charge is 0.331 e. The first-order valence-corrected chi connectivity index (χ1v) is 5.74. The van der Waals surface area contributed by atoms with Crippen LogP contribution in [-0.4, -0.2) is 34.6 Å². The Labute approximate surface area is 108 Å². The molecule has 0 unspecified atom stereocenters. The number of nitro groups is 1. The number of Topliss-reactive ketones (excluding diaryl/α,β-unsaturated/α-hetero) is 1. The zero-order valence-electron chi connectivity index (χ0n) is 9.97. The van der Waals surface area contributed by atoms with Gasteiger partial charge in [0.1, 0.15) is 11.4 Å². The summed E-state index contributed by atoms with van der Waals surface area (Å²) in [6.07, 6.45) is 0.953. The van der Waals surface area contributed by atoms with Gasteiger partial charge in [0.2, 0.25) is 0 Å². The Balaban J connectivity index is 2.33. The first-order valence-electron chi connectivity index (χ1n) is 5.74. The minimum absolute atomic E-state index is 0.0482. The summed E-state index contributed by atoms with van der Waals surface area (Å²) in [5.41, 5.74) is -0.774. The van der Waals surface area contributed by atoms with Crippen molar-refractivity contribution < 1.29 is 18.9 Å². The van der Waals surface area contributed by atoms with Crippen LogP contribution in [0.2, 0.25) is 0 Å². The fourth-order valence-corrected chi connectivity index (χ4v) is 2.02. The molecule has 6 nitrogen and oxygen atoms in total. The van der Waals surface area contributed by atoms with Crippen molar-refractivity contribution in [3.63, 3.8) is 0 Å². The molecule has 1 aromatic rings. The number of nitro benzene ring substituents is 1. The van der Waals surface area contributed by atoms with E-state index in [0.717, 1.165) is 12.1 Å². The van der Waals surface area contributed by atoms with Gasteiger partial charge in [-0.1, -0.05) is 0 Å². The summed E-state index contributed by atoms with van der Waals surface area (Å²) in [5.74, 6) is -1.47. The lowest BCUT2D eigenvalue weighted by Gasteiger charge is -2.25. The Morgan fingerprint density at radius 3 is 2.79 bits per heavy atom. The van der Waals surface area contributed by atoms with Crippen LogP contribution in [0.1, 0.15) is 23.2 Å². The van der Waals surface area contributed by atoms with Gasteiger partial charge in [0, 0.05) is 13.0 Å². The highest BCUT2D eigenvalue weighted by Gasteiger charge is 2.28. The van der Waals surface area contributed by atoms with E-state index < -0.39 is 22.3 Å².